The summed E-state index contributed by atoms with van der Waals surface area (Å²) in [6.07, 6.45) is 8.94. The van der Waals surface area contributed by atoms with Crippen LogP contribution in [0.2, 0.25) is 0 Å². The first-order valence-electron chi connectivity index (χ1n) is 9.47. The molecule has 4 heteroatoms. The summed E-state index contributed by atoms with van der Waals surface area (Å²) in [5, 5.41) is 1.20. The van der Waals surface area contributed by atoms with Crippen LogP contribution in [-0.4, -0.2) is 27.6 Å². The molecule has 0 radical (unpaired) electrons. The van der Waals surface area contributed by atoms with E-state index in [1.165, 1.54) is 36.9 Å². The quantitative estimate of drug-likeness (QED) is 0.683. The lowest BCUT2D eigenvalue weighted by molar-refractivity contribution is 0.464. The van der Waals surface area contributed by atoms with Crippen molar-refractivity contribution in [1.29, 1.82) is 0 Å². The van der Waals surface area contributed by atoms with Gasteiger partial charge in [0, 0.05) is 43.3 Å². The van der Waals surface area contributed by atoms with Gasteiger partial charge in [-0.05, 0) is 37.5 Å². The molecule has 1 saturated heterocycles. The predicted octanol–water partition coefficient (Wildman–Crippen LogP) is 4.62. The highest BCUT2D eigenvalue weighted by Gasteiger charge is 2.25. The van der Waals surface area contributed by atoms with E-state index in [0.717, 1.165) is 31.0 Å². The van der Waals surface area contributed by atoms with E-state index in [0.29, 0.717) is 5.92 Å². The molecule has 1 aromatic carbocycles. The number of hydrogen-bond acceptors (Lipinski definition) is 3. The van der Waals surface area contributed by atoms with Crippen molar-refractivity contribution in [2.45, 2.75) is 45.1 Å². The molecule has 25 heavy (non-hydrogen) atoms. The van der Waals surface area contributed by atoms with Crippen molar-refractivity contribution in [2.75, 3.05) is 18.0 Å². The molecule has 0 aliphatic carbocycles. The van der Waals surface area contributed by atoms with E-state index in [1.54, 1.807) is 0 Å². The number of aromatic nitrogens is 3. The van der Waals surface area contributed by atoms with Crippen molar-refractivity contribution in [2.24, 2.45) is 0 Å². The van der Waals surface area contributed by atoms with Crippen LogP contribution >= 0.6 is 0 Å². The van der Waals surface area contributed by atoms with Gasteiger partial charge < -0.3 is 9.47 Å². The van der Waals surface area contributed by atoms with Gasteiger partial charge in [-0.15, -0.1) is 0 Å². The summed E-state index contributed by atoms with van der Waals surface area (Å²) in [7, 11) is 0. The molecule has 1 fully saturated rings. The van der Waals surface area contributed by atoms with Crippen LogP contribution in [-0.2, 0) is 6.54 Å². The molecule has 1 aliphatic heterocycles. The summed E-state index contributed by atoms with van der Waals surface area (Å²) in [6.45, 7) is 5.41. The Hall–Kier alpha value is -2.36. The van der Waals surface area contributed by atoms with E-state index in [1.807, 2.05) is 6.20 Å². The van der Waals surface area contributed by atoms with Crippen molar-refractivity contribution in [3.05, 3.63) is 54.6 Å². The van der Waals surface area contributed by atoms with Crippen LogP contribution in [0.15, 0.2) is 48.8 Å². The van der Waals surface area contributed by atoms with Crippen LogP contribution in [0.1, 0.15) is 44.3 Å². The summed E-state index contributed by atoms with van der Waals surface area (Å²) >= 11 is 0. The molecule has 0 amide bonds. The Morgan fingerprint density at radius 2 is 2.08 bits per heavy atom. The Morgan fingerprint density at radius 3 is 3.00 bits per heavy atom. The molecule has 1 aliphatic rings. The highest BCUT2D eigenvalue weighted by molar-refractivity contribution is 5.80. The molecule has 2 aromatic heterocycles. The summed E-state index contributed by atoms with van der Waals surface area (Å²) in [5.74, 6) is 2.84. The van der Waals surface area contributed by atoms with E-state index in [4.69, 9.17) is 4.98 Å². The van der Waals surface area contributed by atoms with Gasteiger partial charge in [0.2, 0.25) is 0 Å². The molecule has 4 nitrogen and oxygen atoms in total. The lowest BCUT2D eigenvalue weighted by atomic mass is 9.97. The van der Waals surface area contributed by atoms with Crippen molar-refractivity contribution in [1.82, 2.24) is 14.5 Å². The standard InChI is InChI=1S/C21H26N4/c1-2-3-13-24-15-12-22-21(24)18-8-6-14-25(16-18)20-11-10-17-7-4-5-9-19(17)23-20/h4-5,7,9-12,15,18H,2-3,6,8,13-14,16H2,1H3/t18-/m1/s1. The van der Waals surface area contributed by atoms with Gasteiger partial charge in [0.1, 0.15) is 11.6 Å². The fraction of sp³-hybridized carbons (Fsp3) is 0.429. The molecule has 3 heterocycles. The van der Waals surface area contributed by atoms with Gasteiger partial charge in [-0.3, -0.25) is 0 Å². The molecular weight excluding hydrogens is 308 g/mol. The number of fused-ring (bicyclic) bond motifs is 1. The number of hydrogen-bond donors (Lipinski definition) is 0. The van der Waals surface area contributed by atoms with Crippen LogP contribution < -0.4 is 4.90 Å². The summed E-state index contributed by atoms with van der Waals surface area (Å²) < 4.78 is 2.35. The molecule has 0 N–H and O–H groups in total. The average molecular weight is 334 g/mol. The van der Waals surface area contributed by atoms with Gasteiger partial charge >= 0.3 is 0 Å². The highest BCUT2D eigenvalue weighted by atomic mass is 15.2. The Kier molecular flexibility index (Phi) is 4.68. The minimum atomic E-state index is 0.494. The largest absolute Gasteiger partial charge is 0.356 e. The number of nitrogens with zero attached hydrogens (tertiary/aromatic N) is 4. The topological polar surface area (TPSA) is 34.0 Å². The average Bonchev–Trinajstić information content (AvgIpc) is 3.14. The number of pyridine rings is 1. The fourth-order valence-corrected chi connectivity index (χ4v) is 3.83. The normalized spacial score (nSPS) is 18.0. The zero-order valence-electron chi connectivity index (χ0n) is 14.9. The minimum absolute atomic E-state index is 0.494. The Morgan fingerprint density at radius 1 is 1.16 bits per heavy atom. The third-order valence-corrected chi connectivity index (χ3v) is 5.19. The summed E-state index contributed by atoms with van der Waals surface area (Å²) in [6, 6.07) is 12.7. The van der Waals surface area contributed by atoms with Crippen molar-refractivity contribution < 1.29 is 0 Å². The first kappa shape index (κ1) is 16.1. The van der Waals surface area contributed by atoms with Crippen molar-refractivity contribution in [3.8, 4) is 0 Å². The summed E-state index contributed by atoms with van der Waals surface area (Å²) in [4.78, 5) is 12.0. The predicted molar refractivity (Wildman–Crippen MR) is 103 cm³/mol. The van der Waals surface area contributed by atoms with Gasteiger partial charge in [-0.1, -0.05) is 31.5 Å². The molecule has 4 rings (SSSR count). The lowest BCUT2D eigenvalue weighted by Crippen LogP contribution is -2.36. The molecule has 0 unspecified atom stereocenters. The second kappa shape index (κ2) is 7.26. The first-order valence-corrected chi connectivity index (χ1v) is 9.47. The van der Waals surface area contributed by atoms with E-state index in [2.05, 4.69) is 64.0 Å². The summed E-state index contributed by atoms with van der Waals surface area (Å²) in [5.41, 5.74) is 1.08. The van der Waals surface area contributed by atoms with Gasteiger partial charge in [-0.25, -0.2) is 9.97 Å². The number of piperidine rings is 1. The van der Waals surface area contributed by atoms with Crippen LogP contribution in [0.3, 0.4) is 0 Å². The van der Waals surface area contributed by atoms with Gasteiger partial charge in [0.05, 0.1) is 5.52 Å². The van der Waals surface area contributed by atoms with Gasteiger partial charge in [0.25, 0.3) is 0 Å². The SMILES string of the molecule is CCCCn1ccnc1[C@@H]1CCCN(c2ccc3ccccc3n2)C1. The Bertz CT molecular complexity index is 839. The zero-order chi connectivity index (χ0) is 17.1. The molecule has 0 saturated carbocycles. The van der Waals surface area contributed by atoms with E-state index in [9.17, 15) is 0 Å². The number of rotatable bonds is 5. The molecule has 0 bridgehead atoms. The molecular formula is C21H26N4. The molecule has 0 spiro atoms. The smallest absolute Gasteiger partial charge is 0.129 e. The number of aryl methyl sites for hydroxylation is 1. The van der Waals surface area contributed by atoms with Crippen LogP contribution in [0.25, 0.3) is 10.9 Å². The van der Waals surface area contributed by atoms with Crippen LogP contribution in [0.4, 0.5) is 5.82 Å². The Balaban J connectivity index is 1.55. The highest BCUT2D eigenvalue weighted by Crippen LogP contribution is 2.29. The zero-order valence-corrected chi connectivity index (χ0v) is 14.9. The molecule has 3 aromatic rings. The second-order valence-electron chi connectivity index (χ2n) is 6.98. The van der Waals surface area contributed by atoms with Crippen LogP contribution in [0.5, 0.6) is 0 Å². The van der Waals surface area contributed by atoms with E-state index >= 15 is 0 Å². The number of unbranched alkanes of at least 4 members (excludes halogenated alkanes) is 1. The van der Waals surface area contributed by atoms with Crippen LogP contribution in [0, 0.1) is 0 Å². The minimum Gasteiger partial charge on any atom is -0.356 e. The maximum absolute atomic E-state index is 4.89. The van der Waals surface area contributed by atoms with Crippen molar-refractivity contribution >= 4 is 16.7 Å². The monoisotopic (exact) mass is 334 g/mol. The molecule has 1 atom stereocenters. The third-order valence-electron chi connectivity index (χ3n) is 5.19. The van der Waals surface area contributed by atoms with E-state index < -0.39 is 0 Å². The first-order chi connectivity index (χ1) is 12.3. The van der Waals surface area contributed by atoms with Gasteiger partial charge in [0.15, 0.2) is 0 Å². The Labute approximate surface area is 149 Å². The van der Waals surface area contributed by atoms with E-state index in [-0.39, 0.29) is 0 Å². The number of benzene rings is 1. The third kappa shape index (κ3) is 3.39. The molecule has 130 valence electrons. The van der Waals surface area contributed by atoms with Crippen molar-refractivity contribution in [3.63, 3.8) is 0 Å². The number of imidazole rings is 1. The maximum Gasteiger partial charge on any atom is 0.129 e. The second-order valence-corrected chi connectivity index (χ2v) is 6.98. The lowest BCUT2D eigenvalue weighted by Gasteiger charge is -2.33. The number of anilines is 1. The van der Waals surface area contributed by atoms with Gasteiger partial charge in [-0.2, -0.15) is 0 Å². The fourth-order valence-electron chi connectivity index (χ4n) is 3.83. The maximum atomic E-state index is 4.89. The number of para-hydroxylation sites is 1.